The average Bonchev–Trinajstić information content (AvgIpc) is 2.15. The van der Waals surface area contributed by atoms with E-state index in [0.29, 0.717) is 6.29 Å². The summed E-state index contributed by atoms with van der Waals surface area (Å²) in [5.74, 6) is -1.58. The predicted molar refractivity (Wildman–Crippen MR) is 43.5 cm³/mol. The number of ether oxygens (including phenoxy) is 1. The molecule has 0 aromatic carbocycles. The second kappa shape index (κ2) is 4.22. The van der Waals surface area contributed by atoms with E-state index in [4.69, 9.17) is 5.11 Å². The van der Waals surface area contributed by atoms with Crippen LogP contribution in [0.1, 0.15) is 10.6 Å². The molecular formula is C8H6O6. The number of aldehydes is 1. The fourth-order valence-corrected chi connectivity index (χ4v) is 0.720. The van der Waals surface area contributed by atoms with Crippen molar-refractivity contribution in [2.75, 3.05) is 6.61 Å². The van der Waals surface area contributed by atoms with Gasteiger partial charge in [0.05, 0.1) is 0 Å². The van der Waals surface area contributed by atoms with E-state index >= 15 is 0 Å². The lowest BCUT2D eigenvalue weighted by atomic mass is 10.4. The Labute approximate surface area is 77.7 Å². The summed E-state index contributed by atoms with van der Waals surface area (Å²) in [5, 5.41) is 8.25. The summed E-state index contributed by atoms with van der Waals surface area (Å²) in [6.07, 6.45) is 1.26. The average molecular weight is 198 g/mol. The molecule has 0 fully saturated rings. The van der Waals surface area contributed by atoms with Crippen LogP contribution >= 0.6 is 0 Å². The Hall–Kier alpha value is -2.11. The zero-order valence-electron chi connectivity index (χ0n) is 6.93. The second-order valence-corrected chi connectivity index (χ2v) is 2.31. The summed E-state index contributed by atoms with van der Waals surface area (Å²) in [6, 6.07) is 0.921. The second-order valence-electron chi connectivity index (χ2n) is 2.31. The molecule has 74 valence electrons. The molecule has 6 nitrogen and oxygen atoms in total. The Morgan fingerprint density at radius 2 is 2.36 bits per heavy atom. The first-order chi connectivity index (χ1) is 6.63. The number of hydrogen-bond acceptors (Lipinski definition) is 5. The number of carboxylic acid groups (broad SMARTS) is 1. The number of hydrogen-bond donors (Lipinski definition) is 1. The van der Waals surface area contributed by atoms with Crippen LogP contribution in [0.3, 0.4) is 0 Å². The first-order valence-corrected chi connectivity index (χ1v) is 3.56. The summed E-state index contributed by atoms with van der Waals surface area (Å²) < 4.78 is 9.21. The first kappa shape index (κ1) is 9.97. The summed E-state index contributed by atoms with van der Waals surface area (Å²) in [4.78, 5) is 31.3. The van der Waals surface area contributed by atoms with Gasteiger partial charge in [-0.2, -0.15) is 0 Å². The SMILES string of the molecule is O=Cc1cc(=O)c(OCC(=O)O)co1. The van der Waals surface area contributed by atoms with Crippen LogP contribution in [0.25, 0.3) is 0 Å². The van der Waals surface area contributed by atoms with Crippen LogP contribution in [-0.2, 0) is 4.79 Å². The lowest BCUT2D eigenvalue weighted by molar-refractivity contribution is -0.139. The molecule has 0 bridgehead atoms. The Balaban J connectivity index is 2.84. The van der Waals surface area contributed by atoms with Gasteiger partial charge in [-0.25, -0.2) is 4.79 Å². The molecule has 1 aromatic heterocycles. The summed E-state index contributed by atoms with van der Waals surface area (Å²) in [6.45, 7) is -0.634. The highest BCUT2D eigenvalue weighted by Crippen LogP contribution is 2.03. The van der Waals surface area contributed by atoms with Crippen molar-refractivity contribution in [2.45, 2.75) is 0 Å². The van der Waals surface area contributed by atoms with E-state index < -0.39 is 18.0 Å². The van der Waals surface area contributed by atoms with Gasteiger partial charge in [0.2, 0.25) is 11.2 Å². The van der Waals surface area contributed by atoms with Crippen molar-refractivity contribution >= 4 is 12.3 Å². The molecule has 0 spiro atoms. The summed E-state index contributed by atoms with van der Waals surface area (Å²) in [7, 11) is 0. The Morgan fingerprint density at radius 3 is 2.86 bits per heavy atom. The fourth-order valence-electron chi connectivity index (χ4n) is 0.720. The molecule has 0 saturated heterocycles. The minimum atomic E-state index is -1.20. The van der Waals surface area contributed by atoms with E-state index in [0.717, 1.165) is 12.3 Å². The van der Waals surface area contributed by atoms with Gasteiger partial charge in [-0.05, 0) is 0 Å². The third kappa shape index (κ3) is 2.44. The molecular weight excluding hydrogens is 192 g/mol. The molecule has 0 aliphatic rings. The van der Waals surface area contributed by atoms with Crippen molar-refractivity contribution in [3.05, 3.63) is 28.3 Å². The van der Waals surface area contributed by atoms with Crippen molar-refractivity contribution in [1.82, 2.24) is 0 Å². The summed E-state index contributed by atoms with van der Waals surface area (Å²) >= 11 is 0. The summed E-state index contributed by atoms with van der Waals surface area (Å²) in [5.41, 5.74) is -0.598. The number of carboxylic acids is 1. The van der Waals surface area contributed by atoms with Gasteiger partial charge in [0.25, 0.3) is 0 Å². The van der Waals surface area contributed by atoms with Crippen molar-refractivity contribution in [3.8, 4) is 5.75 Å². The normalized spacial score (nSPS) is 9.43. The van der Waals surface area contributed by atoms with Crippen LogP contribution in [0, 0.1) is 0 Å². The first-order valence-electron chi connectivity index (χ1n) is 3.56. The fraction of sp³-hybridized carbons (Fsp3) is 0.125. The molecule has 0 aliphatic heterocycles. The largest absolute Gasteiger partial charge is 0.479 e. The van der Waals surface area contributed by atoms with Crippen LogP contribution in [0.2, 0.25) is 0 Å². The molecule has 1 N–H and O–H groups in total. The van der Waals surface area contributed by atoms with Gasteiger partial charge in [0.1, 0.15) is 6.26 Å². The van der Waals surface area contributed by atoms with E-state index in [1.54, 1.807) is 0 Å². The number of aliphatic carboxylic acids is 1. The highest BCUT2D eigenvalue weighted by Gasteiger charge is 2.05. The van der Waals surface area contributed by atoms with E-state index in [9.17, 15) is 14.4 Å². The molecule has 14 heavy (non-hydrogen) atoms. The number of carbonyl (C=O) groups excluding carboxylic acids is 1. The Kier molecular flexibility index (Phi) is 3.01. The van der Waals surface area contributed by atoms with E-state index in [1.807, 2.05) is 0 Å². The molecule has 0 atom stereocenters. The van der Waals surface area contributed by atoms with Crippen molar-refractivity contribution in [2.24, 2.45) is 0 Å². The maximum absolute atomic E-state index is 11.1. The predicted octanol–water partition coefficient (Wildman–Crippen LogP) is -0.0843. The number of rotatable bonds is 4. The molecule has 6 heteroatoms. The minimum Gasteiger partial charge on any atom is -0.479 e. The van der Waals surface area contributed by atoms with Crippen LogP contribution in [0.15, 0.2) is 21.5 Å². The van der Waals surface area contributed by atoms with Gasteiger partial charge >= 0.3 is 5.97 Å². The molecule has 0 radical (unpaired) electrons. The highest BCUT2D eigenvalue weighted by molar-refractivity contribution is 5.70. The minimum absolute atomic E-state index is 0.141. The molecule has 1 heterocycles. The Bertz CT molecular complexity index is 405. The molecule has 1 rings (SSSR count). The monoisotopic (exact) mass is 198 g/mol. The van der Waals surface area contributed by atoms with Crippen LogP contribution in [-0.4, -0.2) is 24.0 Å². The van der Waals surface area contributed by atoms with Gasteiger partial charge < -0.3 is 14.3 Å². The van der Waals surface area contributed by atoms with E-state index in [2.05, 4.69) is 9.15 Å². The van der Waals surface area contributed by atoms with Crippen LogP contribution in [0.5, 0.6) is 5.75 Å². The van der Waals surface area contributed by atoms with Crippen molar-refractivity contribution in [3.63, 3.8) is 0 Å². The van der Waals surface area contributed by atoms with E-state index in [1.165, 1.54) is 0 Å². The van der Waals surface area contributed by atoms with Crippen LogP contribution < -0.4 is 10.2 Å². The quantitative estimate of drug-likeness (QED) is 0.679. The lowest BCUT2D eigenvalue weighted by Crippen LogP contribution is -2.14. The van der Waals surface area contributed by atoms with Crippen LogP contribution in [0.4, 0.5) is 0 Å². The molecule has 0 aliphatic carbocycles. The van der Waals surface area contributed by atoms with Gasteiger partial charge in [-0.1, -0.05) is 0 Å². The van der Waals surface area contributed by atoms with Gasteiger partial charge in [0, 0.05) is 6.07 Å². The van der Waals surface area contributed by atoms with Gasteiger partial charge in [-0.3, -0.25) is 9.59 Å². The maximum atomic E-state index is 11.1. The third-order valence-corrected chi connectivity index (χ3v) is 1.29. The molecule has 0 saturated carbocycles. The zero-order valence-corrected chi connectivity index (χ0v) is 6.93. The number of carbonyl (C=O) groups is 2. The highest BCUT2D eigenvalue weighted by atomic mass is 16.5. The molecule has 0 amide bonds. The third-order valence-electron chi connectivity index (χ3n) is 1.29. The lowest BCUT2D eigenvalue weighted by Gasteiger charge is -2.00. The molecule has 0 unspecified atom stereocenters. The van der Waals surface area contributed by atoms with E-state index in [-0.39, 0.29) is 11.5 Å². The van der Waals surface area contributed by atoms with Gasteiger partial charge in [0.15, 0.2) is 18.7 Å². The standard InChI is InChI=1S/C8H6O6/c9-2-5-1-6(10)7(3-13-5)14-4-8(11)12/h1-3H,4H2,(H,11,12). The molecule has 1 aromatic rings. The van der Waals surface area contributed by atoms with Crippen molar-refractivity contribution < 1.29 is 23.8 Å². The van der Waals surface area contributed by atoms with Crippen molar-refractivity contribution in [1.29, 1.82) is 0 Å². The zero-order chi connectivity index (χ0) is 10.6. The van der Waals surface area contributed by atoms with Gasteiger partial charge in [-0.15, -0.1) is 0 Å². The Morgan fingerprint density at radius 1 is 1.64 bits per heavy atom. The maximum Gasteiger partial charge on any atom is 0.341 e. The topological polar surface area (TPSA) is 93.8 Å². The smallest absolute Gasteiger partial charge is 0.341 e.